The van der Waals surface area contributed by atoms with E-state index in [1.165, 1.54) is 11.1 Å². The topological polar surface area (TPSA) is 35.5 Å². The van der Waals surface area contributed by atoms with Crippen molar-refractivity contribution in [3.8, 4) is 5.75 Å². The Kier molecular flexibility index (Phi) is 3.31. The third-order valence-electron chi connectivity index (χ3n) is 4.93. The number of esters is 1. The van der Waals surface area contributed by atoms with E-state index in [1.807, 2.05) is 32.0 Å². The smallest absolute Gasteiger partial charge is 0.317 e. The number of aryl methyl sites for hydroxylation is 1. The Balaban J connectivity index is 2.13. The van der Waals surface area contributed by atoms with Gasteiger partial charge in [-0.15, -0.1) is 0 Å². The number of carbonyl (C=O) groups excluding carboxylic acids is 1. The number of carbonyl (C=O) groups is 1. The average molecular weight is 286 g/mol. The standard InChI is InChI=1S/C18H22O3/c1-5-15-14-8-6-11-10-12(20-4)7-9-13(11)16(14)21-17(19)18(15,2)3/h7,9-10,15H,5-6,8H2,1-4H3/t15-/m1/s1. The number of methoxy groups -OCH3 is 1. The molecule has 2 aliphatic rings. The van der Waals surface area contributed by atoms with E-state index in [9.17, 15) is 4.79 Å². The predicted molar refractivity (Wildman–Crippen MR) is 81.9 cm³/mol. The summed E-state index contributed by atoms with van der Waals surface area (Å²) in [6.45, 7) is 6.15. The van der Waals surface area contributed by atoms with Crippen molar-refractivity contribution in [3.05, 3.63) is 34.9 Å². The third kappa shape index (κ3) is 2.06. The van der Waals surface area contributed by atoms with Crippen LogP contribution in [0, 0.1) is 11.3 Å². The second-order valence-electron chi connectivity index (χ2n) is 6.45. The van der Waals surface area contributed by atoms with Crippen LogP contribution in [0.25, 0.3) is 5.76 Å². The highest BCUT2D eigenvalue weighted by molar-refractivity contribution is 5.88. The Labute approximate surface area is 125 Å². The molecule has 1 atom stereocenters. The summed E-state index contributed by atoms with van der Waals surface area (Å²) in [7, 11) is 1.67. The first-order valence-corrected chi connectivity index (χ1v) is 7.61. The Bertz CT molecular complexity index is 625. The Hall–Kier alpha value is -1.77. The second-order valence-corrected chi connectivity index (χ2v) is 6.45. The Morgan fingerprint density at radius 3 is 2.76 bits per heavy atom. The lowest BCUT2D eigenvalue weighted by molar-refractivity contribution is -0.151. The van der Waals surface area contributed by atoms with E-state index >= 15 is 0 Å². The van der Waals surface area contributed by atoms with Gasteiger partial charge >= 0.3 is 5.97 Å². The molecule has 0 unspecified atom stereocenters. The molecule has 0 aromatic heterocycles. The van der Waals surface area contributed by atoms with Crippen LogP contribution in [0.3, 0.4) is 0 Å². The third-order valence-corrected chi connectivity index (χ3v) is 4.93. The highest BCUT2D eigenvalue weighted by atomic mass is 16.5. The van der Waals surface area contributed by atoms with Crippen molar-refractivity contribution in [2.75, 3.05) is 7.11 Å². The van der Waals surface area contributed by atoms with Gasteiger partial charge in [-0.25, -0.2) is 0 Å². The molecule has 3 rings (SSSR count). The largest absolute Gasteiger partial charge is 0.497 e. The summed E-state index contributed by atoms with van der Waals surface area (Å²) in [6.07, 6.45) is 2.91. The number of benzene rings is 1. The summed E-state index contributed by atoms with van der Waals surface area (Å²) in [4.78, 5) is 12.4. The first kappa shape index (κ1) is 14.2. The van der Waals surface area contributed by atoms with Crippen LogP contribution < -0.4 is 4.74 Å². The summed E-state index contributed by atoms with van der Waals surface area (Å²) >= 11 is 0. The monoisotopic (exact) mass is 286 g/mol. The first-order valence-electron chi connectivity index (χ1n) is 7.61. The maximum atomic E-state index is 12.4. The zero-order chi connectivity index (χ0) is 15.2. The van der Waals surface area contributed by atoms with Gasteiger partial charge in [0.05, 0.1) is 12.5 Å². The summed E-state index contributed by atoms with van der Waals surface area (Å²) in [5.41, 5.74) is 3.13. The van der Waals surface area contributed by atoms with Gasteiger partial charge in [-0.05, 0) is 68.4 Å². The minimum Gasteiger partial charge on any atom is -0.497 e. The molecule has 1 aliphatic carbocycles. The number of ether oxygens (including phenoxy) is 2. The van der Waals surface area contributed by atoms with Crippen LogP contribution in [0.15, 0.2) is 23.8 Å². The maximum Gasteiger partial charge on any atom is 0.317 e. The van der Waals surface area contributed by atoms with Crippen molar-refractivity contribution in [1.82, 2.24) is 0 Å². The van der Waals surface area contributed by atoms with Crippen LogP contribution in [0.2, 0.25) is 0 Å². The molecule has 0 saturated heterocycles. The summed E-state index contributed by atoms with van der Waals surface area (Å²) in [6, 6.07) is 6.00. The molecule has 112 valence electrons. The molecule has 0 spiro atoms. The van der Waals surface area contributed by atoms with E-state index in [-0.39, 0.29) is 11.9 Å². The van der Waals surface area contributed by atoms with E-state index in [0.29, 0.717) is 0 Å². The molecule has 21 heavy (non-hydrogen) atoms. The molecular weight excluding hydrogens is 264 g/mol. The van der Waals surface area contributed by atoms with Crippen LogP contribution in [-0.2, 0) is 16.0 Å². The fourth-order valence-electron chi connectivity index (χ4n) is 3.69. The van der Waals surface area contributed by atoms with Crippen LogP contribution >= 0.6 is 0 Å². The lowest BCUT2D eigenvalue weighted by atomic mass is 9.68. The van der Waals surface area contributed by atoms with Gasteiger partial charge in [0, 0.05) is 5.56 Å². The molecule has 1 aromatic carbocycles. The molecule has 0 fully saturated rings. The molecule has 3 heteroatoms. The normalized spacial score (nSPS) is 23.2. The fraction of sp³-hybridized carbons (Fsp3) is 0.500. The lowest BCUT2D eigenvalue weighted by Crippen LogP contribution is -2.40. The quantitative estimate of drug-likeness (QED) is 0.772. The number of rotatable bonds is 2. The molecule has 1 heterocycles. The van der Waals surface area contributed by atoms with Crippen molar-refractivity contribution in [1.29, 1.82) is 0 Å². The molecule has 0 saturated carbocycles. The van der Waals surface area contributed by atoms with Crippen molar-refractivity contribution >= 4 is 11.7 Å². The van der Waals surface area contributed by atoms with Crippen molar-refractivity contribution in [3.63, 3.8) is 0 Å². The zero-order valence-electron chi connectivity index (χ0n) is 13.2. The van der Waals surface area contributed by atoms with Gasteiger partial charge in [0.2, 0.25) is 0 Å². The lowest BCUT2D eigenvalue weighted by Gasteiger charge is -2.41. The number of allylic oxidation sites excluding steroid dienone is 1. The van der Waals surface area contributed by atoms with Crippen molar-refractivity contribution in [2.45, 2.75) is 40.0 Å². The summed E-state index contributed by atoms with van der Waals surface area (Å²) in [5, 5.41) is 0. The molecule has 0 radical (unpaired) electrons. The van der Waals surface area contributed by atoms with Gasteiger partial charge in [0.1, 0.15) is 11.5 Å². The highest BCUT2D eigenvalue weighted by Gasteiger charge is 2.46. The van der Waals surface area contributed by atoms with Gasteiger partial charge in [0.15, 0.2) is 0 Å². The number of hydrogen-bond acceptors (Lipinski definition) is 3. The first-order chi connectivity index (χ1) is 9.98. The minimum atomic E-state index is -0.433. The number of hydrogen-bond donors (Lipinski definition) is 0. The van der Waals surface area contributed by atoms with E-state index in [4.69, 9.17) is 9.47 Å². The van der Waals surface area contributed by atoms with E-state index in [1.54, 1.807) is 7.11 Å². The molecule has 0 amide bonds. The van der Waals surface area contributed by atoms with Crippen LogP contribution in [0.5, 0.6) is 5.75 Å². The fourth-order valence-corrected chi connectivity index (χ4v) is 3.69. The average Bonchev–Trinajstić information content (AvgIpc) is 2.47. The summed E-state index contributed by atoms with van der Waals surface area (Å²) < 4.78 is 11.0. The molecule has 0 N–H and O–H groups in total. The molecular formula is C18H22O3. The van der Waals surface area contributed by atoms with E-state index in [0.717, 1.165) is 36.3 Å². The van der Waals surface area contributed by atoms with Crippen LogP contribution in [-0.4, -0.2) is 13.1 Å². The van der Waals surface area contributed by atoms with Crippen LogP contribution in [0.1, 0.15) is 44.7 Å². The molecule has 0 bridgehead atoms. The van der Waals surface area contributed by atoms with Gasteiger partial charge in [-0.1, -0.05) is 6.92 Å². The van der Waals surface area contributed by atoms with Crippen molar-refractivity contribution in [2.24, 2.45) is 11.3 Å². The molecule has 1 aliphatic heterocycles. The van der Waals surface area contributed by atoms with E-state index in [2.05, 4.69) is 6.92 Å². The second kappa shape index (κ2) is 4.90. The Morgan fingerprint density at radius 1 is 1.33 bits per heavy atom. The van der Waals surface area contributed by atoms with Gasteiger partial charge in [-0.3, -0.25) is 4.79 Å². The van der Waals surface area contributed by atoms with Crippen molar-refractivity contribution < 1.29 is 14.3 Å². The zero-order valence-corrected chi connectivity index (χ0v) is 13.2. The SMILES string of the molecule is CC[C@@H]1C2=C(OC(=O)C1(C)C)c1ccc(OC)cc1CC2. The van der Waals surface area contributed by atoms with E-state index < -0.39 is 5.41 Å². The van der Waals surface area contributed by atoms with Gasteiger partial charge in [-0.2, -0.15) is 0 Å². The maximum absolute atomic E-state index is 12.4. The summed E-state index contributed by atoms with van der Waals surface area (Å²) in [5.74, 6) is 1.81. The molecule has 1 aromatic rings. The molecule has 3 nitrogen and oxygen atoms in total. The number of fused-ring (bicyclic) bond motifs is 2. The minimum absolute atomic E-state index is 0.114. The Morgan fingerprint density at radius 2 is 2.10 bits per heavy atom. The predicted octanol–water partition coefficient (Wildman–Crippen LogP) is 3.96. The van der Waals surface area contributed by atoms with Crippen LogP contribution in [0.4, 0.5) is 0 Å². The van der Waals surface area contributed by atoms with Gasteiger partial charge < -0.3 is 9.47 Å². The van der Waals surface area contributed by atoms with Gasteiger partial charge in [0.25, 0.3) is 0 Å². The highest BCUT2D eigenvalue weighted by Crippen LogP contribution is 2.49.